The lowest BCUT2D eigenvalue weighted by Gasteiger charge is -2.27. The molecule has 0 aliphatic rings. The van der Waals surface area contributed by atoms with Crippen molar-refractivity contribution in [3.8, 4) is 5.75 Å². The Balaban J connectivity index is 3.02. The van der Waals surface area contributed by atoms with Crippen LogP contribution in [-0.2, 0) is 25.6 Å². The zero-order valence-corrected chi connectivity index (χ0v) is 22.1. The molecular formula is C26H42N4O6. The van der Waals surface area contributed by atoms with E-state index in [-0.39, 0.29) is 36.3 Å². The summed E-state index contributed by atoms with van der Waals surface area (Å²) in [6, 6.07) is 2.12. The van der Waals surface area contributed by atoms with Gasteiger partial charge in [0.1, 0.15) is 23.9 Å². The molecular weight excluding hydrogens is 464 g/mol. The fourth-order valence-corrected chi connectivity index (χ4v) is 3.59. The van der Waals surface area contributed by atoms with Crippen LogP contribution in [0.15, 0.2) is 24.3 Å². The molecule has 0 heterocycles. The largest absolute Gasteiger partial charge is 0.508 e. The van der Waals surface area contributed by atoms with Gasteiger partial charge >= 0.3 is 5.97 Å². The summed E-state index contributed by atoms with van der Waals surface area (Å²) in [5.41, 5.74) is 6.55. The molecule has 10 heteroatoms. The molecule has 3 amide bonds. The average Bonchev–Trinajstić information content (AvgIpc) is 2.77. The van der Waals surface area contributed by atoms with Crippen LogP contribution in [0.5, 0.6) is 5.75 Å². The van der Waals surface area contributed by atoms with Crippen molar-refractivity contribution in [3.05, 3.63) is 29.8 Å². The molecule has 36 heavy (non-hydrogen) atoms. The Bertz CT molecular complexity index is 885. The van der Waals surface area contributed by atoms with Crippen LogP contribution in [0.25, 0.3) is 0 Å². The van der Waals surface area contributed by atoms with E-state index >= 15 is 0 Å². The topological polar surface area (TPSA) is 171 Å². The minimum Gasteiger partial charge on any atom is -0.508 e. The van der Waals surface area contributed by atoms with Crippen LogP contribution in [-0.4, -0.2) is 58.1 Å². The zero-order chi connectivity index (χ0) is 27.6. The number of rotatable bonds is 14. The summed E-state index contributed by atoms with van der Waals surface area (Å²) in [6.07, 6.45) is 0.622. The highest BCUT2D eigenvalue weighted by molar-refractivity contribution is 5.94. The molecule has 0 spiro atoms. The third-order valence-electron chi connectivity index (χ3n) is 5.69. The number of nitrogens with two attached hydrogens (primary N) is 1. The molecule has 0 unspecified atom stereocenters. The maximum absolute atomic E-state index is 13.2. The second-order valence-corrected chi connectivity index (χ2v) is 10.4. The predicted octanol–water partition coefficient (Wildman–Crippen LogP) is 1.55. The smallest absolute Gasteiger partial charge is 0.326 e. The number of benzene rings is 1. The van der Waals surface area contributed by atoms with Crippen molar-refractivity contribution in [3.63, 3.8) is 0 Å². The molecule has 1 aromatic rings. The van der Waals surface area contributed by atoms with Crippen molar-refractivity contribution >= 4 is 23.7 Å². The van der Waals surface area contributed by atoms with Crippen LogP contribution in [0.4, 0.5) is 0 Å². The summed E-state index contributed by atoms with van der Waals surface area (Å²) in [7, 11) is 0. The summed E-state index contributed by atoms with van der Waals surface area (Å²) in [5.74, 6) is -2.80. The van der Waals surface area contributed by atoms with Crippen LogP contribution < -0.4 is 21.7 Å². The first-order chi connectivity index (χ1) is 16.7. The van der Waals surface area contributed by atoms with Gasteiger partial charge in [-0.3, -0.25) is 14.4 Å². The molecule has 10 nitrogen and oxygen atoms in total. The fourth-order valence-electron chi connectivity index (χ4n) is 3.59. The normalized spacial score (nSPS) is 14.7. The molecule has 4 atom stereocenters. The Hall–Kier alpha value is -3.14. The van der Waals surface area contributed by atoms with Gasteiger partial charge in [0.15, 0.2) is 0 Å². The number of phenolic OH excluding ortho intramolecular Hbond substituents is 1. The molecule has 7 N–H and O–H groups in total. The Kier molecular flexibility index (Phi) is 12.4. The average molecular weight is 507 g/mol. The molecule has 0 radical (unpaired) electrons. The molecule has 0 saturated carbocycles. The molecule has 0 saturated heterocycles. The first-order valence-electron chi connectivity index (χ1n) is 12.4. The van der Waals surface area contributed by atoms with E-state index in [0.29, 0.717) is 12.0 Å². The summed E-state index contributed by atoms with van der Waals surface area (Å²) in [4.78, 5) is 50.6. The summed E-state index contributed by atoms with van der Waals surface area (Å²) in [5, 5.41) is 27.0. The number of carbonyl (C=O) groups is 4. The zero-order valence-electron chi connectivity index (χ0n) is 22.1. The molecule has 0 aromatic heterocycles. The second-order valence-electron chi connectivity index (χ2n) is 10.4. The second kappa shape index (κ2) is 14.4. The predicted molar refractivity (Wildman–Crippen MR) is 137 cm³/mol. The monoisotopic (exact) mass is 506 g/mol. The molecule has 0 bridgehead atoms. The lowest BCUT2D eigenvalue weighted by atomic mass is 9.98. The molecule has 1 aromatic carbocycles. The van der Waals surface area contributed by atoms with Crippen LogP contribution in [0.1, 0.15) is 59.9 Å². The van der Waals surface area contributed by atoms with Crippen LogP contribution in [0, 0.1) is 17.8 Å². The third-order valence-corrected chi connectivity index (χ3v) is 5.69. The van der Waals surface area contributed by atoms with E-state index in [0.717, 1.165) is 0 Å². The van der Waals surface area contributed by atoms with E-state index in [4.69, 9.17) is 5.73 Å². The van der Waals surface area contributed by atoms with Gasteiger partial charge in [0.2, 0.25) is 17.7 Å². The summed E-state index contributed by atoms with van der Waals surface area (Å²) < 4.78 is 0. The molecule has 0 aliphatic heterocycles. The van der Waals surface area contributed by atoms with Gasteiger partial charge in [0.05, 0.1) is 6.04 Å². The van der Waals surface area contributed by atoms with E-state index in [1.807, 2.05) is 41.5 Å². The highest BCUT2D eigenvalue weighted by atomic mass is 16.4. The van der Waals surface area contributed by atoms with Crippen molar-refractivity contribution < 1.29 is 29.4 Å². The summed E-state index contributed by atoms with van der Waals surface area (Å²) >= 11 is 0. The van der Waals surface area contributed by atoms with Gasteiger partial charge in [-0.05, 0) is 48.3 Å². The van der Waals surface area contributed by atoms with Crippen molar-refractivity contribution in [2.45, 2.75) is 85.0 Å². The van der Waals surface area contributed by atoms with Crippen molar-refractivity contribution in [1.82, 2.24) is 16.0 Å². The van der Waals surface area contributed by atoms with Gasteiger partial charge in [-0.15, -0.1) is 0 Å². The van der Waals surface area contributed by atoms with Gasteiger partial charge in [-0.1, -0.05) is 53.7 Å². The van der Waals surface area contributed by atoms with E-state index in [1.165, 1.54) is 12.1 Å². The number of aliphatic carboxylic acids is 1. The number of amides is 3. The van der Waals surface area contributed by atoms with Crippen LogP contribution in [0.3, 0.4) is 0 Å². The van der Waals surface area contributed by atoms with E-state index in [2.05, 4.69) is 16.0 Å². The number of carboxylic acids is 1. The number of carbonyl (C=O) groups excluding carboxylic acids is 3. The maximum Gasteiger partial charge on any atom is 0.326 e. The fraction of sp³-hybridized carbons (Fsp3) is 0.615. The third kappa shape index (κ3) is 10.6. The maximum atomic E-state index is 13.2. The number of hydrogen-bond acceptors (Lipinski definition) is 6. The minimum absolute atomic E-state index is 0.00280. The quantitative estimate of drug-likeness (QED) is 0.222. The number of aromatic hydroxyl groups is 1. The minimum atomic E-state index is -1.23. The highest BCUT2D eigenvalue weighted by Gasteiger charge is 2.31. The van der Waals surface area contributed by atoms with Crippen molar-refractivity contribution in [2.24, 2.45) is 23.5 Å². The highest BCUT2D eigenvalue weighted by Crippen LogP contribution is 2.13. The van der Waals surface area contributed by atoms with E-state index in [1.54, 1.807) is 12.1 Å². The van der Waals surface area contributed by atoms with Crippen molar-refractivity contribution in [1.29, 1.82) is 0 Å². The number of phenols is 1. The van der Waals surface area contributed by atoms with Crippen LogP contribution >= 0.6 is 0 Å². The Labute approximate surface area is 213 Å². The standard InChI is InChI=1S/C26H42N4O6/c1-14(2)11-19(24(33)30-21(26(35)36)13-17-7-9-18(31)10-8-17)28-23(32)20(12-15(3)4)29-25(34)22(27)16(5)6/h7-10,14-16,19-22,31H,11-13,27H2,1-6H3,(H,28,32)(H,29,34)(H,30,33)(H,35,36)/t19-,20-,21-,22-/m0/s1. The Morgan fingerprint density at radius 1 is 0.750 bits per heavy atom. The molecule has 0 aliphatic carbocycles. The van der Waals surface area contributed by atoms with Gasteiger partial charge in [-0.2, -0.15) is 0 Å². The number of carboxylic acid groups (broad SMARTS) is 1. The van der Waals surface area contributed by atoms with Crippen molar-refractivity contribution in [2.75, 3.05) is 0 Å². The molecule has 1 rings (SSSR count). The molecule has 0 fully saturated rings. The van der Waals surface area contributed by atoms with Gasteiger partial charge in [0, 0.05) is 6.42 Å². The molecule has 202 valence electrons. The number of hydrogen-bond donors (Lipinski definition) is 6. The number of nitrogens with one attached hydrogen (secondary N) is 3. The van der Waals surface area contributed by atoms with Gasteiger partial charge in [0.25, 0.3) is 0 Å². The SMILES string of the molecule is CC(C)C[C@H](NC(=O)[C@H](CC(C)C)NC(=O)[C@@H](N)C(C)C)C(=O)N[C@@H](Cc1ccc(O)cc1)C(=O)O. The van der Waals surface area contributed by atoms with Gasteiger partial charge < -0.3 is 31.9 Å². The lowest BCUT2D eigenvalue weighted by Crippen LogP contribution is -2.58. The first-order valence-corrected chi connectivity index (χ1v) is 12.4. The van der Waals surface area contributed by atoms with Crippen LogP contribution in [0.2, 0.25) is 0 Å². The Morgan fingerprint density at radius 3 is 1.56 bits per heavy atom. The van der Waals surface area contributed by atoms with E-state index in [9.17, 15) is 29.4 Å². The van der Waals surface area contributed by atoms with Gasteiger partial charge in [-0.25, -0.2) is 4.79 Å². The van der Waals surface area contributed by atoms with E-state index < -0.39 is 47.9 Å². The first kappa shape index (κ1) is 30.9. The lowest BCUT2D eigenvalue weighted by molar-refractivity contribution is -0.142. The summed E-state index contributed by atoms with van der Waals surface area (Å²) in [6.45, 7) is 11.2. The Morgan fingerprint density at radius 2 is 1.17 bits per heavy atom.